The predicted molar refractivity (Wildman–Crippen MR) is 99.4 cm³/mol. The molecule has 2 aromatic carbocycles. The predicted octanol–water partition coefficient (Wildman–Crippen LogP) is 3.47. The van der Waals surface area contributed by atoms with Crippen LogP contribution in [0.5, 0.6) is 0 Å². The topological polar surface area (TPSA) is 59.3 Å². The van der Waals surface area contributed by atoms with Crippen LogP contribution in [0.2, 0.25) is 0 Å². The van der Waals surface area contributed by atoms with Crippen LogP contribution in [-0.4, -0.2) is 12.5 Å². The summed E-state index contributed by atoms with van der Waals surface area (Å²) in [5, 5.41) is 3.33. The van der Waals surface area contributed by atoms with Crippen molar-refractivity contribution in [3.63, 3.8) is 0 Å². The summed E-state index contributed by atoms with van der Waals surface area (Å²) in [5.41, 5.74) is 2.91. The van der Waals surface area contributed by atoms with Crippen LogP contribution in [-0.2, 0) is 11.2 Å². The van der Waals surface area contributed by atoms with Gasteiger partial charge >= 0.3 is 0 Å². The molecule has 0 aliphatic heterocycles. The second kappa shape index (κ2) is 7.62. The average molecular weight is 333 g/mol. The van der Waals surface area contributed by atoms with E-state index in [1.165, 1.54) is 18.4 Å². The molecule has 1 amide bonds. The van der Waals surface area contributed by atoms with Crippen molar-refractivity contribution >= 4 is 23.0 Å². The van der Waals surface area contributed by atoms with E-state index in [9.17, 15) is 9.59 Å². The molecule has 3 aromatic rings. The van der Waals surface area contributed by atoms with Crippen LogP contribution in [0.4, 0.5) is 0 Å². The Morgan fingerprint density at radius 2 is 1.96 bits per heavy atom. The van der Waals surface area contributed by atoms with Gasteiger partial charge < -0.3 is 9.73 Å². The minimum absolute atomic E-state index is 0.140. The summed E-state index contributed by atoms with van der Waals surface area (Å²) in [4.78, 5) is 24.4. The fourth-order valence-corrected chi connectivity index (χ4v) is 2.57. The quantitative estimate of drug-likeness (QED) is 0.727. The Bertz CT molecular complexity index is 971. The number of nitrogens with one attached hydrogen (secondary N) is 1. The molecule has 1 heterocycles. The number of aryl methyl sites for hydroxylation is 1. The number of carbonyl (C=O) groups is 1. The second-order valence-corrected chi connectivity index (χ2v) is 5.88. The molecule has 25 heavy (non-hydrogen) atoms. The van der Waals surface area contributed by atoms with Gasteiger partial charge in [-0.25, -0.2) is 0 Å². The summed E-state index contributed by atoms with van der Waals surface area (Å²) in [7, 11) is 0. The molecule has 3 rings (SSSR count). The summed E-state index contributed by atoms with van der Waals surface area (Å²) in [6.07, 6.45) is 5.00. The third-order valence-electron chi connectivity index (χ3n) is 3.92. The van der Waals surface area contributed by atoms with Crippen molar-refractivity contribution in [2.45, 2.75) is 13.3 Å². The molecule has 0 saturated heterocycles. The maximum atomic E-state index is 12.4. The molecule has 0 fully saturated rings. The Morgan fingerprint density at radius 3 is 2.76 bits per heavy atom. The maximum Gasteiger partial charge on any atom is 0.244 e. The first-order valence-electron chi connectivity index (χ1n) is 8.15. The van der Waals surface area contributed by atoms with E-state index < -0.39 is 0 Å². The van der Waals surface area contributed by atoms with E-state index in [-0.39, 0.29) is 11.3 Å². The van der Waals surface area contributed by atoms with Crippen LogP contribution in [0.1, 0.15) is 16.7 Å². The molecule has 0 bridgehead atoms. The molecule has 4 nitrogen and oxygen atoms in total. The van der Waals surface area contributed by atoms with E-state index in [0.29, 0.717) is 23.1 Å². The third-order valence-corrected chi connectivity index (χ3v) is 3.92. The van der Waals surface area contributed by atoms with Crippen LogP contribution in [0.3, 0.4) is 0 Å². The molecule has 0 aliphatic rings. The van der Waals surface area contributed by atoms with Crippen LogP contribution < -0.4 is 10.7 Å². The van der Waals surface area contributed by atoms with Gasteiger partial charge in [0.2, 0.25) is 5.91 Å². The normalized spacial score (nSPS) is 11.1. The lowest BCUT2D eigenvalue weighted by Crippen LogP contribution is -2.23. The zero-order valence-corrected chi connectivity index (χ0v) is 14.0. The molecule has 0 aliphatic carbocycles. The number of carbonyl (C=O) groups excluding carboxylic acids is 1. The molecule has 1 N–H and O–H groups in total. The molecular weight excluding hydrogens is 314 g/mol. The molecule has 1 aromatic heterocycles. The van der Waals surface area contributed by atoms with Crippen LogP contribution >= 0.6 is 0 Å². The Balaban J connectivity index is 1.65. The number of benzene rings is 2. The minimum Gasteiger partial charge on any atom is -0.463 e. The number of hydrogen-bond donors (Lipinski definition) is 1. The van der Waals surface area contributed by atoms with Crippen molar-refractivity contribution in [2.24, 2.45) is 0 Å². The van der Waals surface area contributed by atoms with E-state index in [4.69, 9.17) is 4.42 Å². The Kier molecular flexibility index (Phi) is 5.09. The molecule has 4 heteroatoms. The Labute approximate surface area is 145 Å². The highest BCUT2D eigenvalue weighted by Crippen LogP contribution is 2.13. The van der Waals surface area contributed by atoms with Gasteiger partial charge in [-0.3, -0.25) is 9.59 Å². The molecule has 0 spiro atoms. The lowest BCUT2D eigenvalue weighted by Gasteiger charge is -2.02. The van der Waals surface area contributed by atoms with Gasteiger partial charge in [0.25, 0.3) is 0 Å². The summed E-state index contributed by atoms with van der Waals surface area (Å²) < 4.78 is 5.47. The summed E-state index contributed by atoms with van der Waals surface area (Å²) >= 11 is 0. The average Bonchev–Trinajstić information content (AvgIpc) is 2.62. The molecule has 0 unspecified atom stereocenters. The number of hydrogen-bond acceptors (Lipinski definition) is 3. The van der Waals surface area contributed by atoms with E-state index in [0.717, 1.165) is 17.5 Å². The van der Waals surface area contributed by atoms with E-state index >= 15 is 0 Å². The minimum atomic E-state index is -0.236. The van der Waals surface area contributed by atoms with Crippen molar-refractivity contribution < 1.29 is 9.21 Å². The van der Waals surface area contributed by atoms with Crippen molar-refractivity contribution in [1.82, 2.24) is 5.32 Å². The SMILES string of the molecule is Cc1ccc2occ(/C=C/C(=O)NCCc3ccccc3)c(=O)c2c1. The van der Waals surface area contributed by atoms with Gasteiger partial charge in [-0.15, -0.1) is 0 Å². The Morgan fingerprint density at radius 1 is 1.16 bits per heavy atom. The van der Waals surface area contributed by atoms with Gasteiger partial charge in [0.15, 0.2) is 5.43 Å². The van der Waals surface area contributed by atoms with E-state index in [1.807, 2.05) is 43.3 Å². The third kappa shape index (κ3) is 4.23. The second-order valence-electron chi connectivity index (χ2n) is 5.88. The highest BCUT2D eigenvalue weighted by atomic mass is 16.3. The highest BCUT2D eigenvalue weighted by Gasteiger charge is 2.05. The molecular formula is C21H19NO3. The van der Waals surface area contributed by atoms with Gasteiger partial charge in [-0.1, -0.05) is 42.0 Å². The van der Waals surface area contributed by atoms with Crippen LogP contribution in [0.25, 0.3) is 17.0 Å². The first kappa shape index (κ1) is 16.7. The Hall–Kier alpha value is -3.14. The zero-order chi connectivity index (χ0) is 17.6. The van der Waals surface area contributed by atoms with Crippen molar-refractivity contribution in [1.29, 1.82) is 0 Å². The summed E-state index contributed by atoms with van der Waals surface area (Å²) in [6.45, 7) is 2.46. The lowest BCUT2D eigenvalue weighted by atomic mass is 10.1. The van der Waals surface area contributed by atoms with Crippen molar-refractivity contribution in [2.75, 3.05) is 6.54 Å². The maximum absolute atomic E-state index is 12.4. The van der Waals surface area contributed by atoms with Gasteiger partial charge in [0.1, 0.15) is 11.8 Å². The summed E-state index contributed by atoms with van der Waals surface area (Å²) in [6, 6.07) is 15.4. The van der Waals surface area contributed by atoms with Crippen molar-refractivity contribution in [3.05, 3.63) is 87.8 Å². The van der Waals surface area contributed by atoms with Crippen molar-refractivity contribution in [3.8, 4) is 0 Å². The van der Waals surface area contributed by atoms with Gasteiger partial charge in [0.05, 0.1) is 10.9 Å². The molecule has 0 saturated carbocycles. The fraction of sp³-hybridized carbons (Fsp3) is 0.143. The van der Waals surface area contributed by atoms with Crippen LogP contribution in [0, 0.1) is 6.92 Å². The largest absolute Gasteiger partial charge is 0.463 e. The number of rotatable bonds is 5. The highest BCUT2D eigenvalue weighted by molar-refractivity contribution is 5.92. The fourth-order valence-electron chi connectivity index (χ4n) is 2.57. The smallest absolute Gasteiger partial charge is 0.244 e. The number of amides is 1. The zero-order valence-electron chi connectivity index (χ0n) is 14.0. The summed E-state index contributed by atoms with van der Waals surface area (Å²) in [5.74, 6) is -0.236. The van der Waals surface area contributed by atoms with E-state index in [1.54, 1.807) is 12.1 Å². The lowest BCUT2D eigenvalue weighted by molar-refractivity contribution is -0.116. The van der Waals surface area contributed by atoms with Gasteiger partial charge in [-0.05, 0) is 37.1 Å². The first-order chi connectivity index (χ1) is 12.1. The monoisotopic (exact) mass is 333 g/mol. The molecule has 0 radical (unpaired) electrons. The first-order valence-corrected chi connectivity index (χ1v) is 8.15. The van der Waals surface area contributed by atoms with Gasteiger partial charge in [-0.2, -0.15) is 0 Å². The standard InChI is InChI=1S/C21H19NO3/c1-15-7-9-19-18(13-15)21(24)17(14-25-19)8-10-20(23)22-12-11-16-5-3-2-4-6-16/h2-10,13-14H,11-12H2,1H3,(H,22,23)/b10-8+. The van der Waals surface area contributed by atoms with E-state index in [2.05, 4.69) is 5.32 Å². The molecule has 126 valence electrons. The van der Waals surface area contributed by atoms with Gasteiger partial charge in [0, 0.05) is 12.6 Å². The number of fused-ring (bicyclic) bond motifs is 1. The van der Waals surface area contributed by atoms with Crippen LogP contribution in [0.15, 0.2) is 70.1 Å². The molecule has 0 atom stereocenters.